The number of carbonyl (C=O) groups is 4. The number of carbonyl (C=O) groups excluding carboxylic acids is 4. The number of nitrogens with one attached hydrogen (secondary N) is 1. The summed E-state index contributed by atoms with van der Waals surface area (Å²) in [7, 11) is 1.44. The smallest absolute Gasteiger partial charge is 0.305 e. The first-order valence-corrected chi connectivity index (χ1v) is 6.62. The van der Waals surface area contributed by atoms with Crippen molar-refractivity contribution in [3.8, 4) is 0 Å². The summed E-state index contributed by atoms with van der Waals surface area (Å²) in [6, 6.07) is 0. The molecule has 9 nitrogen and oxygen atoms in total. The summed E-state index contributed by atoms with van der Waals surface area (Å²) >= 11 is 0. The Balaban J connectivity index is 2.99. The molecule has 0 spiro atoms. The topological polar surface area (TPSA) is 117 Å². The summed E-state index contributed by atoms with van der Waals surface area (Å²) in [5.41, 5.74) is 0. The summed E-state index contributed by atoms with van der Waals surface area (Å²) < 4.78 is 20.4. The van der Waals surface area contributed by atoms with Gasteiger partial charge in [-0.2, -0.15) is 0 Å². The SMILES string of the molecule is CNC(=O)C[C@H]1OC(OC(C)=O)[C@H](OC(C)=O)[C@@H]1OC(C)=O. The lowest BCUT2D eigenvalue weighted by Crippen LogP contribution is -2.41. The van der Waals surface area contributed by atoms with E-state index in [-0.39, 0.29) is 12.3 Å². The number of esters is 3. The lowest BCUT2D eigenvalue weighted by molar-refractivity contribution is -0.195. The molecule has 124 valence electrons. The first kappa shape index (κ1) is 17.9. The summed E-state index contributed by atoms with van der Waals surface area (Å²) in [4.78, 5) is 45.1. The van der Waals surface area contributed by atoms with Crippen molar-refractivity contribution in [3.63, 3.8) is 0 Å². The Morgan fingerprint density at radius 3 is 1.86 bits per heavy atom. The highest BCUT2D eigenvalue weighted by Crippen LogP contribution is 2.30. The Labute approximate surface area is 127 Å². The molecule has 0 aromatic carbocycles. The number of rotatable bonds is 5. The van der Waals surface area contributed by atoms with Gasteiger partial charge in [0, 0.05) is 27.8 Å². The average molecular weight is 317 g/mol. The van der Waals surface area contributed by atoms with Crippen molar-refractivity contribution < 1.29 is 38.1 Å². The molecular formula is C13H19NO8. The Morgan fingerprint density at radius 2 is 1.41 bits per heavy atom. The molecule has 1 aliphatic heterocycles. The minimum absolute atomic E-state index is 0.149. The van der Waals surface area contributed by atoms with Crippen LogP contribution in [0.3, 0.4) is 0 Å². The summed E-state index contributed by atoms with van der Waals surface area (Å²) in [5.74, 6) is -2.34. The van der Waals surface area contributed by atoms with Crippen molar-refractivity contribution in [2.45, 2.75) is 51.8 Å². The molecule has 1 saturated heterocycles. The van der Waals surface area contributed by atoms with Crippen molar-refractivity contribution in [2.75, 3.05) is 7.05 Å². The van der Waals surface area contributed by atoms with E-state index >= 15 is 0 Å². The highest BCUT2D eigenvalue weighted by Gasteiger charge is 2.51. The molecule has 4 atom stereocenters. The van der Waals surface area contributed by atoms with Crippen LogP contribution < -0.4 is 5.32 Å². The van der Waals surface area contributed by atoms with Gasteiger partial charge >= 0.3 is 17.9 Å². The fourth-order valence-corrected chi connectivity index (χ4v) is 2.05. The summed E-state index contributed by atoms with van der Waals surface area (Å²) in [6.45, 7) is 3.48. The largest absolute Gasteiger partial charge is 0.456 e. The van der Waals surface area contributed by atoms with E-state index in [0.29, 0.717) is 0 Å². The lowest BCUT2D eigenvalue weighted by Gasteiger charge is -2.22. The van der Waals surface area contributed by atoms with E-state index in [1.807, 2.05) is 0 Å². The predicted octanol–water partition coefficient (Wildman–Crippen LogP) is -0.726. The van der Waals surface area contributed by atoms with Crippen LogP contribution in [0.2, 0.25) is 0 Å². The molecule has 1 fully saturated rings. The molecule has 0 aromatic heterocycles. The van der Waals surface area contributed by atoms with Gasteiger partial charge in [-0.3, -0.25) is 19.2 Å². The molecule has 1 unspecified atom stereocenters. The van der Waals surface area contributed by atoms with Crippen LogP contribution in [0.1, 0.15) is 27.2 Å². The minimum Gasteiger partial charge on any atom is -0.456 e. The zero-order valence-electron chi connectivity index (χ0n) is 12.8. The van der Waals surface area contributed by atoms with Crippen LogP contribution in [-0.4, -0.2) is 55.5 Å². The van der Waals surface area contributed by atoms with Gasteiger partial charge in [0.25, 0.3) is 0 Å². The van der Waals surface area contributed by atoms with Crippen LogP contribution in [0, 0.1) is 0 Å². The second-order valence-electron chi connectivity index (χ2n) is 4.68. The van der Waals surface area contributed by atoms with Crippen LogP contribution in [0.4, 0.5) is 0 Å². The predicted molar refractivity (Wildman–Crippen MR) is 70.2 cm³/mol. The molecule has 1 aliphatic rings. The molecule has 0 saturated carbocycles. The van der Waals surface area contributed by atoms with Gasteiger partial charge in [0.05, 0.1) is 6.42 Å². The van der Waals surface area contributed by atoms with Gasteiger partial charge in [-0.15, -0.1) is 0 Å². The molecule has 0 bridgehead atoms. The average Bonchev–Trinajstić information content (AvgIpc) is 2.66. The second kappa shape index (κ2) is 7.74. The van der Waals surface area contributed by atoms with Gasteiger partial charge in [-0.05, 0) is 0 Å². The Kier molecular flexibility index (Phi) is 6.29. The maximum atomic E-state index is 11.5. The van der Waals surface area contributed by atoms with Gasteiger partial charge in [0.1, 0.15) is 6.10 Å². The molecular weight excluding hydrogens is 298 g/mol. The first-order chi connectivity index (χ1) is 10.2. The minimum atomic E-state index is -1.25. The normalized spacial score (nSPS) is 26.9. The zero-order valence-corrected chi connectivity index (χ0v) is 12.8. The Morgan fingerprint density at radius 1 is 0.909 bits per heavy atom. The molecule has 0 aliphatic carbocycles. The first-order valence-electron chi connectivity index (χ1n) is 6.62. The molecule has 9 heteroatoms. The fraction of sp³-hybridized carbons (Fsp3) is 0.692. The van der Waals surface area contributed by atoms with Crippen LogP contribution in [-0.2, 0) is 38.1 Å². The maximum absolute atomic E-state index is 11.5. The summed E-state index contributed by atoms with van der Waals surface area (Å²) in [6.07, 6.45) is -4.50. The lowest BCUT2D eigenvalue weighted by atomic mass is 10.1. The van der Waals surface area contributed by atoms with Gasteiger partial charge < -0.3 is 24.3 Å². The zero-order chi connectivity index (χ0) is 16.9. The van der Waals surface area contributed by atoms with E-state index in [1.165, 1.54) is 14.0 Å². The molecule has 22 heavy (non-hydrogen) atoms. The van der Waals surface area contributed by atoms with E-state index < -0.39 is 42.5 Å². The maximum Gasteiger partial charge on any atom is 0.305 e. The fourth-order valence-electron chi connectivity index (χ4n) is 2.05. The molecule has 1 N–H and O–H groups in total. The third kappa shape index (κ3) is 4.99. The molecule has 1 rings (SSSR count). The van der Waals surface area contributed by atoms with Crippen molar-refractivity contribution >= 4 is 23.8 Å². The summed E-state index contributed by atoms with van der Waals surface area (Å²) in [5, 5.41) is 2.40. The molecule has 1 heterocycles. The number of ether oxygens (including phenoxy) is 4. The van der Waals surface area contributed by atoms with Gasteiger partial charge in [-0.25, -0.2) is 0 Å². The Hall–Kier alpha value is -2.16. The van der Waals surface area contributed by atoms with Crippen molar-refractivity contribution in [1.82, 2.24) is 5.32 Å². The highest BCUT2D eigenvalue weighted by molar-refractivity contribution is 5.76. The number of hydrogen-bond donors (Lipinski definition) is 1. The Bertz CT molecular complexity index is 463. The molecule has 1 amide bonds. The van der Waals surface area contributed by atoms with E-state index in [4.69, 9.17) is 18.9 Å². The van der Waals surface area contributed by atoms with Crippen molar-refractivity contribution in [1.29, 1.82) is 0 Å². The van der Waals surface area contributed by atoms with Crippen molar-refractivity contribution in [3.05, 3.63) is 0 Å². The monoisotopic (exact) mass is 317 g/mol. The standard InChI is InChI=1S/C13H19NO8/c1-6(15)19-11-9(5-10(18)14-4)22-13(21-8(3)17)12(11)20-7(2)16/h9,11-13H,5H2,1-4H3,(H,14,18)/t9-,11-,12-,13?/m1/s1. The quantitative estimate of drug-likeness (QED) is 0.521. The van der Waals surface area contributed by atoms with Crippen LogP contribution in [0.15, 0.2) is 0 Å². The van der Waals surface area contributed by atoms with E-state index in [0.717, 1.165) is 13.8 Å². The molecule has 0 radical (unpaired) electrons. The van der Waals surface area contributed by atoms with E-state index in [1.54, 1.807) is 0 Å². The third-order valence-corrected chi connectivity index (χ3v) is 2.82. The highest BCUT2D eigenvalue weighted by atomic mass is 16.7. The van der Waals surface area contributed by atoms with E-state index in [9.17, 15) is 19.2 Å². The number of amides is 1. The van der Waals surface area contributed by atoms with Gasteiger partial charge in [0.2, 0.25) is 18.3 Å². The third-order valence-electron chi connectivity index (χ3n) is 2.82. The van der Waals surface area contributed by atoms with Crippen LogP contribution in [0.25, 0.3) is 0 Å². The molecule has 0 aromatic rings. The number of hydrogen-bond acceptors (Lipinski definition) is 8. The van der Waals surface area contributed by atoms with Gasteiger partial charge in [0.15, 0.2) is 6.10 Å². The second-order valence-corrected chi connectivity index (χ2v) is 4.68. The van der Waals surface area contributed by atoms with Crippen molar-refractivity contribution in [2.24, 2.45) is 0 Å². The van der Waals surface area contributed by atoms with E-state index in [2.05, 4.69) is 5.32 Å². The van der Waals surface area contributed by atoms with Crippen LogP contribution >= 0.6 is 0 Å². The van der Waals surface area contributed by atoms with Gasteiger partial charge in [-0.1, -0.05) is 0 Å². The van der Waals surface area contributed by atoms with Crippen LogP contribution in [0.5, 0.6) is 0 Å².